The summed E-state index contributed by atoms with van der Waals surface area (Å²) >= 11 is 1.57. The molecule has 1 aliphatic carbocycles. The van der Waals surface area contributed by atoms with Gasteiger partial charge in [-0.2, -0.15) is 0 Å². The molecule has 0 aromatic rings. The molecule has 8 heavy (non-hydrogen) atoms. The van der Waals surface area contributed by atoms with Gasteiger partial charge in [0, 0.05) is 5.33 Å². The van der Waals surface area contributed by atoms with E-state index in [2.05, 4.69) is 15.9 Å². The van der Waals surface area contributed by atoms with Crippen LogP contribution < -0.4 is 0 Å². The van der Waals surface area contributed by atoms with E-state index in [1.807, 2.05) is 0 Å². The highest BCUT2D eigenvalue weighted by molar-refractivity contribution is 9.09. The highest BCUT2D eigenvalue weighted by atomic mass is 79.9. The molecule has 1 atom stereocenters. The molecule has 0 radical (unpaired) electrons. The highest BCUT2D eigenvalue weighted by Gasteiger charge is 2.47. The molecule has 1 aliphatic rings. The van der Waals surface area contributed by atoms with Crippen LogP contribution in [0.1, 0.15) is 12.8 Å². The molecule has 0 spiro atoms. The molecular formula is C4H7BrO2S. The summed E-state index contributed by atoms with van der Waals surface area (Å²) in [4.78, 5) is 0. The van der Waals surface area contributed by atoms with Crippen LogP contribution in [0.15, 0.2) is 0 Å². The minimum absolute atomic E-state index is 0.264. The first-order valence-electron chi connectivity index (χ1n) is 2.38. The smallest absolute Gasteiger partial charge is 0.160 e. The number of hydrogen-bond acceptors (Lipinski definition) is 1. The first-order valence-corrected chi connectivity index (χ1v) is 4.61. The SMILES string of the molecule is O=S(O)C1(CBr)CC1. The molecule has 0 aliphatic heterocycles. The van der Waals surface area contributed by atoms with E-state index in [1.165, 1.54) is 0 Å². The van der Waals surface area contributed by atoms with Gasteiger partial charge in [0.1, 0.15) is 0 Å². The molecule has 2 nitrogen and oxygen atoms in total. The zero-order valence-electron chi connectivity index (χ0n) is 4.26. The van der Waals surface area contributed by atoms with E-state index < -0.39 is 11.1 Å². The van der Waals surface area contributed by atoms with Crippen molar-refractivity contribution in [2.45, 2.75) is 17.6 Å². The molecule has 0 amide bonds. The zero-order chi connectivity index (χ0) is 6.20. The fourth-order valence-electron chi connectivity index (χ4n) is 0.494. The van der Waals surface area contributed by atoms with Gasteiger partial charge in [-0.3, -0.25) is 0 Å². The summed E-state index contributed by atoms with van der Waals surface area (Å²) in [6.07, 6.45) is 1.78. The van der Waals surface area contributed by atoms with Gasteiger partial charge >= 0.3 is 0 Å². The lowest BCUT2D eigenvalue weighted by molar-refractivity contribution is 0.550. The first-order chi connectivity index (χ1) is 3.71. The minimum Gasteiger partial charge on any atom is -0.306 e. The van der Waals surface area contributed by atoms with Crippen molar-refractivity contribution < 1.29 is 8.76 Å². The van der Waals surface area contributed by atoms with Crippen molar-refractivity contribution >= 4 is 27.0 Å². The third kappa shape index (κ3) is 0.967. The van der Waals surface area contributed by atoms with Crippen LogP contribution in [0.25, 0.3) is 0 Å². The molecule has 1 rings (SSSR count). The standard InChI is InChI=1S/C4H7BrO2S/c5-3-4(1-2-4)8(6)7/h1-3H2,(H,6,7). The van der Waals surface area contributed by atoms with Gasteiger partial charge in [0.25, 0.3) is 0 Å². The molecule has 0 saturated heterocycles. The Hall–Kier alpha value is 0.590. The van der Waals surface area contributed by atoms with E-state index >= 15 is 0 Å². The molecule has 1 unspecified atom stereocenters. The lowest BCUT2D eigenvalue weighted by Gasteiger charge is -2.01. The summed E-state index contributed by atoms with van der Waals surface area (Å²) in [5.74, 6) is 0. The van der Waals surface area contributed by atoms with Crippen molar-refractivity contribution in [1.29, 1.82) is 0 Å². The van der Waals surface area contributed by atoms with E-state index in [4.69, 9.17) is 4.55 Å². The van der Waals surface area contributed by atoms with E-state index in [0.29, 0.717) is 5.33 Å². The molecule has 0 aromatic heterocycles. The van der Waals surface area contributed by atoms with Crippen LogP contribution in [0.5, 0.6) is 0 Å². The molecular weight excluding hydrogens is 192 g/mol. The number of halogens is 1. The summed E-state index contributed by atoms with van der Waals surface area (Å²) in [6.45, 7) is 0. The molecule has 0 heterocycles. The van der Waals surface area contributed by atoms with Crippen molar-refractivity contribution in [3.63, 3.8) is 0 Å². The van der Waals surface area contributed by atoms with E-state index in [-0.39, 0.29) is 4.75 Å². The van der Waals surface area contributed by atoms with Gasteiger partial charge in [0.15, 0.2) is 11.1 Å². The molecule has 1 saturated carbocycles. The molecule has 1 fully saturated rings. The molecule has 48 valence electrons. The van der Waals surface area contributed by atoms with Crippen molar-refractivity contribution in [2.75, 3.05) is 5.33 Å². The predicted molar refractivity (Wildman–Crippen MR) is 36.5 cm³/mol. The monoisotopic (exact) mass is 198 g/mol. The number of hydrogen-bond donors (Lipinski definition) is 1. The normalized spacial score (nSPS) is 27.2. The number of rotatable bonds is 2. The Morgan fingerprint density at radius 1 is 1.75 bits per heavy atom. The maximum Gasteiger partial charge on any atom is 0.160 e. The fraction of sp³-hybridized carbons (Fsp3) is 1.00. The Balaban J connectivity index is 2.53. The van der Waals surface area contributed by atoms with Gasteiger partial charge in [-0.05, 0) is 12.8 Å². The summed E-state index contributed by atoms with van der Waals surface area (Å²) in [5, 5.41) is 0.656. The molecule has 0 bridgehead atoms. The molecule has 1 N–H and O–H groups in total. The Morgan fingerprint density at radius 3 is 2.25 bits per heavy atom. The Labute approximate surface area is 59.1 Å². The van der Waals surface area contributed by atoms with Gasteiger partial charge < -0.3 is 4.55 Å². The highest BCUT2D eigenvalue weighted by Crippen LogP contribution is 2.42. The Kier molecular flexibility index (Phi) is 1.74. The van der Waals surface area contributed by atoms with Crippen LogP contribution in [-0.4, -0.2) is 18.8 Å². The van der Waals surface area contributed by atoms with Crippen molar-refractivity contribution in [2.24, 2.45) is 0 Å². The van der Waals surface area contributed by atoms with E-state index in [0.717, 1.165) is 12.8 Å². The topological polar surface area (TPSA) is 37.3 Å². The average Bonchev–Trinajstić information content (AvgIpc) is 2.44. The first kappa shape index (κ1) is 6.71. The van der Waals surface area contributed by atoms with Crippen LogP contribution in [-0.2, 0) is 11.1 Å². The summed E-state index contributed by atoms with van der Waals surface area (Å²) in [7, 11) is 0. The minimum atomic E-state index is -1.61. The zero-order valence-corrected chi connectivity index (χ0v) is 6.67. The van der Waals surface area contributed by atoms with Gasteiger partial charge in [-0.25, -0.2) is 4.21 Å². The summed E-state index contributed by atoms with van der Waals surface area (Å²) in [5.41, 5.74) is 0. The third-order valence-corrected chi connectivity index (χ3v) is 4.16. The van der Waals surface area contributed by atoms with E-state index in [9.17, 15) is 4.21 Å². The van der Waals surface area contributed by atoms with Crippen LogP contribution in [0, 0.1) is 0 Å². The van der Waals surface area contributed by atoms with Crippen molar-refractivity contribution in [3.8, 4) is 0 Å². The second-order valence-electron chi connectivity index (χ2n) is 2.07. The van der Waals surface area contributed by atoms with Gasteiger partial charge in [0.05, 0.1) is 4.75 Å². The van der Waals surface area contributed by atoms with Crippen molar-refractivity contribution in [1.82, 2.24) is 0 Å². The van der Waals surface area contributed by atoms with Crippen molar-refractivity contribution in [3.05, 3.63) is 0 Å². The van der Waals surface area contributed by atoms with Gasteiger partial charge in [-0.15, -0.1) is 0 Å². The lowest BCUT2D eigenvalue weighted by Crippen LogP contribution is -2.16. The summed E-state index contributed by atoms with van der Waals surface area (Å²) in [6, 6.07) is 0. The van der Waals surface area contributed by atoms with Crippen LogP contribution >= 0.6 is 15.9 Å². The van der Waals surface area contributed by atoms with Gasteiger partial charge in [0.2, 0.25) is 0 Å². The van der Waals surface area contributed by atoms with Crippen LogP contribution in [0.4, 0.5) is 0 Å². The van der Waals surface area contributed by atoms with Crippen LogP contribution in [0.3, 0.4) is 0 Å². The van der Waals surface area contributed by atoms with E-state index in [1.54, 1.807) is 0 Å². The second kappa shape index (κ2) is 2.08. The predicted octanol–water partition coefficient (Wildman–Crippen LogP) is 1.14. The number of alkyl halides is 1. The summed E-state index contributed by atoms with van der Waals surface area (Å²) < 4.78 is 18.7. The fourth-order valence-corrected chi connectivity index (χ4v) is 2.19. The largest absolute Gasteiger partial charge is 0.306 e. The molecule has 0 aromatic carbocycles. The van der Waals surface area contributed by atoms with Gasteiger partial charge in [-0.1, -0.05) is 15.9 Å². The quantitative estimate of drug-likeness (QED) is 0.534. The maximum absolute atomic E-state index is 10.4. The third-order valence-electron chi connectivity index (χ3n) is 1.42. The lowest BCUT2D eigenvalue weighted by atomic mass is 10.5. The Morgan fingerprint density at radius 2 is 2.25 bits per heavy atom. The average molecular weight is 199 g/mol. The maximum atomic E-state index is 10.4. The Bertz CT molecular complexity index is 121. The molecule has 4 heteroatoms. The second-order valence-corrected chi connectivity index (χ2v) is 3.99. The van der Waals surface area contributed by atoms with Crippen LogP contribution in [0.2, 0.25) is 0 Å².